The van der Waals surface area contributed by atoms with E-state index in [1.807, 2.05) is 18.2 Å². The SMILES string of the molecule is COc1ccccc1[C@H](CCN[C@@H]1C[C@H](C)N(C)C[C@H]1C)c1ccco1. The van der Waals surface area contributed by atoms with Crippen molar-refractivity contribution in [3.8, 4) is 5.75 Å². The van der Waals surface area contributed by atoms with Gasteiger partial charge in [0.2, 0.25) is 0 Å². The van der Waals surface area contributed by atoms with E-state index >= 15 is 0 Å². The third-order valence-corrected chi connectivity index (χ3v) is 5.85. The molecule has 0 aliphatic carbocycles. The molecule has 2 aromatic rings. The minimum Gasteiger partial charge on any atom is -0.496 e. The number of furan rings is 1. The van der Waals surface area contributed by atoms with Crippen LogP contribution >= 0.6 is 0 Å². The molecule has 3 rings (SSSR count). The minimum atomic E-state index is 0.202. The van der Waals surface area contributed by atoms with Crippen molar-refractivity contribution in [2.24, 2.45) is 5.92 Å². The fourth-order valence-electron chi connectivity index (χ4n) is 4.13. The number of hydrogen-bond acceptors (Lipinski definition) is 4. The number of rotatable bonds is 7. The van der Waals surface area contributed by atoms with E-state index in [1.165, 1.54) is 12.0 Å². The Hall–Kier alpha value is -1.78. The maximum Gasteiger partial charge on any atom is 0.122 e. The van der Waals surface area contributed by atoms with Crippen LogP contribution in [0.15, 0.2) is 47.1 Å². The predicted molar refractivity (Wildman–Crippen MR) is 106 cm³/mol. The van der Waals surface area contributed by atoms with Crippen molar-refractivity contribution in [3.05, 3.63) is 54.0 Å². The first-order valence-electron chi connectivity index (χ1n) is 9.70. The summed E-state index contributed by atoms with van der Waals surface area (Å²) in [6, 6.07) is 13.5. The van der Waals surface area contributed by atoms with Crippen molar-refractivity contribution < 1.29 is 9.15 Å². The molecule has 1 aliphatic rings. The summed E-state index contributed by atoms with van der Waals surface area (Å²) in [4.78, 5) is 2.46. The lowest BCUT2D eigenvalue weighted by atomic mass is 9.88. The van der Waals surface area contributed by atoms with Gasteiger partial charge in [-0.2, -0.15) is 0 Å². The maximum absolute atomic E-state index is 5.75. The van der Waals surface area contributed by atoms with Gasteiger partial charge in [-0.05, 0) is 57.5 Å². The van der Waals surface area contributed by atoms with Crippen molar-refractivity contribution in [2.75, 3.05) is 27.2 Å². The van der Waals surface area contributed by atoms with Crippen LogP contribution < -0.4 is 10.1 Å². The molecule has 2 heterocycles. The van der Waals surface area contributed by atoms with E-state index in [1.54, 1.807) is 13.4 Å². The molecule has 4 nitrogen and oxygen atoms in total. The van der Waals surface area contributed by atoms with Crippen molar-refractivity contribution in [3.63, 3.8) is 0 Å². The topological polar surface area (TPSA) is 37.6 Å². The Morgan fingerprint density at radius 1 is 1.23 bits per heavy atom. The quantitative estimate of drug-likeness (QED) is 0.809. The van der Waals surface area contributed by atoms with E-state index in [2.05, 4.69) is 49.3 Å². The molecule has 1 aliphatic heterocycles. The van der Waals surface area contributed by atoms with Crippen molar-refractivity contribution in [1.82, 2.24) is 10.2 Å². The molecule has 0 amide bonds. The van der Waals surface area contributed by atoms with Crippen LogP contribution in [0.2, 0.25) is 0 Å². The van der Waals surface area contributed by atoms with Gasteiger partial charge in [0.25, 0.3) is 0 Å². The van der Waals surface area contributed by atoms with Crippen LogP contribution in [0, 0.1) is 5.92 Å². The van der Waals surface area contributed by atoms with E-state index in [9.17, 15) is 0 Å². The van der Waals surface area contributed by atoms with Crippen LogP contribution in [-0.2, 0) is 0 Å². The molecule has 1 fully saturated rings. The Kier molecular flexibility index (Phi) is 6.38. The lowest BCUT2D eigenvalue weighted by Gasteiger charge is -2.40. The molecule has 4 atom stereocenters. The van der Waals surface area contributed by atoms with Gasteiger partial charge in [-0.15, -0.1) is 0 Å². The molecular weight excluding hydrogens is 324 g/mol. The Balaban J connectivity index is 1.68. The van der Waals surface area contributed by atoms with Crippen LogP contribution in [0.4, 0.5) is 0 Å². The molecule has 1 N–H and O–H groups in total. The third kappa shape index (κ3) is 4.30. The van der Waals surface area contributed by atoms with Gasteiger partial charge < -0.3 is 19.4 Å². The van der Waals surface area contributed by atoms with Gasteiger partial charge in [0.05, 0.1) is 13.4 Å². The fraction of sp³-hybridized carbons (Fsp3) is 0.545. The highest BCUT2D eigenvalue weighted by Gasteiger charge is 2.29. The molecule has 0 spiro atoms. The summed E-state index contributed by atoms with van der Waals surface area (Å²) in [7, 11) is 3.96. The van der Waals surface area contributed by atoms with E-state index in [4.69, 9.17) is 9.15 Å². The standard InChI is InChI=1S/C22H32N2O2/c1-16-15-24(3)17(2)14-20(16)23-12-11-19(22-10-7-13-26-22)18-8-5-6-9-21(18)25-4/h5-10,13,16-17,19-20,23H,11-12,14-15H2,1-4H3/t16-,17+,19+,20-/m1/s1. The minimum absolute atomic E-state index is 0.202. The molecule has 4 heteroatoms. The Morgan fingerprint density at radius 3 is 2.77 bits per heavy atom. The van der Waals surface area contributed by atoms with Crippen LogP contribution in [0.3, 0.4) is 0 Å². The van der Waals surface area contributed by atoms with Gasteiger partial charge in [-0.1, -0.05) is 25.1 Å². The summed E-state index contributed by atoms with van der Waals surface area (Å²) < 4.78 is 11.4. The second-order valence-corrected chi connectivity index (χ2v) is 7.66. The second kappa shape index (κ2) is 8.74. The molecule has 1 aromatic heterocycles. The van der Waals surface area contributed by atoms with Crippen LogP contribution in [0.25, 0.3) is 0 Å². The van der Waals surface area contributed by atoms with Gasteiger partial charge in [0, 0.05) is 30.1 Å². The summed E-state index contributed by atoms with van der Waals surface area (Å²) in [5.41, 5.74) is 1.19. The summed E-state index contributed by atoms with van der Waals surface area (Å²) in [6.45, 7) is 6.80. The summed E-state index contributed by atoms with van der Waals surface area (Å²) in [5.74, 6) is 2.80. The molecule has 0 radical (unpaired) electrons. The largest absolute Gasteiger partial charge is 0.496 e. The molecule has 26 heavy (non-hydrogen) atoms. The third-order valence-electron chi connectivity index (χ3n) is 5.85. The Labute approximate surface area is 157 Å². The molecule has 1 aromatic carbocycles. The number of para-hydroxylation sites is 1. The van der Waals surface area contributed by atoms with E-state index in [0.717, 1.165) is 31.0 Å². The molecule has 0 bridgehead atoms. The summed E-state index contributed by atoms with van der Waals surface area (Å²) in [6.07, 6.45) is 3.95. The number of methoxy groups -OCH3 is 1. The summed E-state index contributed by atoms with van der Waals surface area (Å²) in [5, 5.41) is 3.81. The maximum atomic E-state index is 5.75. The average molecular weight is 357 g/mol. The first kappa shape index (κ1) is 19.0. The zero-order valence-electron chi connectivity index (χ0n) is 16.4. The number of hydrogen-bond donors (Lipinski definition) is 1. The van der Waals surface area contributed by atoms with Crippen molar-refractivity contribution in [2.45, 2.75) is 44.7 Å². The highest BCUT2D eigenvalue weighted by molar-refractivity contribution is 5.39. The Morgan fingerprint density at radius 2 is 2.04 bits per heavy atom. The van der Waals surface area contributed by atoms with Crippen molar-refractivity contribution in [1.29, 1.82) is 0 Å². The lowest BCUT2D eigenvalue weighted by molar-refractivity contribution is 0.121. The monoisotopic (exact) mass is 356 g/mol. The van der Waals surface area contributed by atoms with Gasteiger partial charge in [0.15, 0.2) is 0 Å². The molecule has 0 saturated carbocycles. The summed E-state index contributed by atoms with van der Waals surface area (Å²) >= 11 is 0. The number of ether oxygens (including phenoxy) is 1. The zero-order chi connectivity index (χ0) is 18.5. The zero-order valence-corrected chi connectivity index (χ0v) is 16.4. The molecule has 1 saturated heterocycles. The number of nitrogens with one attached hydrogen (secondary N) is 1. The smallest absolute Gasteiger partial charge is 0.122 e. The van der Waals surface area contributed by atoms with Crippen LogP contribution in [0.1, 0.15) is 43.9 Å². The highest BCUT2D eigenvalue weighted by Crippen LogP contribution is 2.34. The second-order valence-electron chi connectivity index (χ2n) is 7.66. The average Bonchev–Trinajstić information content (AvgIpc) is 3.17. The fourth-order valence-corrected chi connectivity index (χ4v) is 4.13. The lowest BCUT2D eigenvalue weighted by Crippen LogP contribution is -2.51. The number of nitrogens with zero attached hydrogens (tertiary/aromatic N) is 1. The van der Waals surface area contributed by atoms with Crippen LogP contribution in [-0.4, -0.2) is 44.2 Å². The molecule has 0 unspecified atom stereocenters. The number of piperidine rings is 1. The van der Waals surface area contributed by atoms with Gasteiger partial charge >= 0.3 is 0 Å². The highest BCUT2D eigenvalue weighted by atomic mass is 16.5. The number of likely N-dealkylation sites (tertiary alicyclic amines) is 1. The van der Waals surface area contributed by atoms with Crippen LogP contribution in [0.5, 0.6) is 5.75 Å². The normalized spacial score (nSPS) is 25.2. The Bertz CT molecular complexity index is 671. The first-order valence-corrected chi connectivity index (χ1v) is 9.70. The first-order chi connectivity index (χ1) is 12.6. The van der Waals surface area contributed by atoms with Gasteiger partial charge in [0.1, 0.15) is 11.5 Å². The molecular formula is C22H32N2O2. The van der Waals surface area contributed by atoms with Gasteiger partial charge in [-0.3, -0.25) is 0 Å². The van der Waals surface area contributed by atoms with E-state index in [-0.39, 0.29) is 5.92 Å². The van der Waals surface area contributed by atoms with E-state index < -0.39 is 0 Å². The van der Waals surface area contributed by atoms with Crippen molar-refractivity contribution >= 4 is 0 Å². The number of benzene rings is 1. The molecule has 142 valence electrons. The predicted octanol–water partition coefficient (Wildman–Crippen LogP) is 4.13. The van der Waals surface area contributed by atoms with Gasteiger partial charge in [-0.25, -0.2) is 0 Å². The van der Waals surface area contributed by atoms with E-state index in [0.29, 0.717) is 18.0 Å².